The van der Waals surface area contributed by atoms with Crippen LogP contribution in [0, 0.1) is 5.82 Å². The average Bonchev–Trinajstić information content (AvgIpc) is 2.93. The lowest BCUT2D eigenvalue weighted by atomic mass is 10.2. The molecule has 1 fully saturated rings. The van der Waals surface area contributed by atoms with Crippen LogP contribution in [0.3, 0.4) is 0 Å². The molecule has 0 N–H and O–H groups in total. The molecule has 0 unspecified atom stereocenters. The third-order valence-electron chi connectivity index (χ3n) is 3.72. The summed E-state index contributed by atoms with van der Waals surface area (Å²) < 4.78 is 15.4. The molecule has 5 nitrogen and oxygen atoms in total. The molecule has 2 aromatic rings. The van der Waals surface area contributed by atoms with Crippen LogP contribution in [0.25, 0.3) is 0 Å². The zero-order valence-electron chi connectivity index (χ0n) is 12.0. The predicted octanol–water partition coefficient (Wildman–Crippen LogP) is 2.13. The molecule has 3 rings (SSSR count). The van der Waals surface area contributed by atoms with Crippen molar-refractivity contribution in [3.63, 3.8) is 0 Å². The molecule has 22 heavy (non-hydrogen) atoms. The van der Waals surface area contributed by atoms with Gasteiger partial charge in [-0.25, -0.2) is 4.39 Å². The lowest BCUT2D eigenvalue weighted by Gasteiger charge is -2.36. The van der Waals surface area contributed by atoms with Crippen LogP contribution in [-0.2, 0) is 11.3 Å². The third kappa shape index (κ3) is 3.47. The largest absolute Gasteiger partial charge is 0.368 e. The number of halogens is 2. The Morgan fingerprint density at radius 2 is 1.86 bits per heavy atom. The van der Waals surface area contributed by atoms with E-state index in [1.165, 1.54) is 12.1 Å². The smallest absolute Gasteiger partial charge is 0.244 e. The van der Waals surface area contributed by atoms with E-state index >= 15 is 0 Å². The van der Waals surface area contributed by atoms with E-state index < -0.39 is 0 Å². The zero-order valence-corrected chi connectivity index (χ0v) is 13.5. The minimum Gasteiger partial charge on any atom is -0.368 e. The molecule has 1 aliphatic rings. The van der Waals surface area contributed by atoms with E-state index in [0.29, 0.717) is 13.1 Å². The van der Waals surface area contributed by atoms with Crippen molar-refractivity contribution in [1.82, 2.24) is 14.7 Å². The summed E-state index contributed by atoms with van der Waals surface area (Å²) in [5.74, 6) is -0.169. The van der Waals surface area contributed by atoms with Gasteiger partial charge < -0.3 is 9.80 Å². The van der Waals surface area contributed by atoms with E-state index in [1.807, 2.05) is 4.90 Å². The molecule has 1 aromatic carbocycles. The molecule has 7 heteroatoms. The number of aromatic nitrogens is 2. The van der Waals surface area contributed by atoms with Gasteiger partial charge in [0.25, 0.3) is 0 Å². The molecule has 2 heterocycles. The molecule has 0 atom stereocenters. The molecular weight excluding hydrogens is 351 g/mol. The average molecular weight is 367 g/mol. The summed E-state index contributed by atoms with van der Waals surface area (Å²) in [4.78, 5) is 16.2. The van der Waals surface area contributed by atoms with Gasteiger partial charge in [0.05, 0.1) is 10.7 Å². The maximum Gasteiger partial charge on any atom is 0.244 e. The Morgan fingerprint density at radius 1 is 1.18 bits per heavy atom. The van der Waals surface area contributed by atoms with Crippen LogP contribution >= 0.6 is 15.9 Å². The highest BCUT2D eigenvalue weighted by atomic mass is 79.9. The lowest BCUT2D eigenvalue weighted by Crippen LogP contribution is -2.49. The Kier molecular flexibility index (Phi) is 4.42. The fourth-order valence-electron chi connectivity index (χ4n) is 2.53. The Bertz CT molecular complexity index is 650. The van der Waals surface area contributed by atoms with Crippen LogP contribution in [-0.4, -0.2) is 46.8 Å². The monoisotopic (exact) mass is 366 g/mol. The maximum atomic E-state index is 12.9. The van der Waals surface area contributed by atoms with Crippen molar-refractivity contribution >= 4 is 27.5 Å². The van der Waals surface area contributed by atoms with Crippen molar-refractivity contribution in [2.24, 2.45) is 0 Å². The molecule has 1 aliphatic heterocycles. The quantitative estimate of drug-likeness (QED) is 0.835. The van der Waals surface area contributed by atoms with Gasteiger partial charge in [0.2, 0.25) is 5.91 Å². The Labute approximate surface area is 136 Å². The SMILES string of the molecule is O=C(Cn1cc(Br)cn1)N1CCN(c2ccc(F)cc2)CC1. The summed E-state index contributed by atoms with van der Waals surface area (Å²) in [5.41, 5.74) is 0.990. The molecule has 1 saturated heterocycles. The van der Waals surface area contributed by atoms with E-state index in [4.69, 9.17) is 0 Å². The topological polar surface area (TPSA) is 41.4 Å². The van der Waals surface area contributed by atoms with Crippen LogP contribution in [0.15, 0.2) is 41.1 Å². The molecule has 1 aromatic heterocycles. The van der Waals surface area contributed by atoms with Crippen LogP contribution in [0.4, 0.5) is 10.1 Å². The molecule has 0 aliphatic carbocycles. The summed E-state index contributed by atoms with van der Waals surface area (Å²) in [6.45, 7) is 3.08. The Balaban J connectivity index is 1.54. The highest BCUT2D eigenvalue weighted by Gasteiger charge is 2.21. The summed E-state index contributed by atoms with van der Waals surface area (Å²) in [6, 6.07) is 6.47. The summed E-state index contributed by atoms with van der Waals surface area (Å²) in [7, 11) is 0. The van der Waals surface area contributed by atoms with Crippen molar-refractivity contribution in [3.8, 4) is 0 Å². The maximum absolute atomic E-state index is 12.9. The molecule has 0 spiro atoms. The minimum atomic E-state index is -0.233. The predicted molar refractivity (Wildman–Crippen MR) is 85.1 cm³/mol. The molecule has 0 bridgehead atoms. The Morgan fingerprint density at radius 3 is 2.45 bits per heavy atom. The molecule has 0 saturated carbocycles. The molecule has 0 radical (unpaired) electrons. The second-order valence-electron chi connectivity index (χ2n) is 5.20. The number of anilines is 1. The summed E-state index contributed by atoms with van der Waals surface area (Å²) >= 11 is 3.32. The standard InChI is InChI=1S/C15H16BrFN4O/c16-12-9-18-21(10-12)11-15(22)20-7-5-19(6-8-20)14-3-1-13(17)2-4-14/h1-4,9-10H,5-8,11H2. The van der Waals surface area contributed by atoms with Gasteiger partial charge in [-0.1, -0.05) is 0 Å². The van der Waals surface area contributed by atoms with Gasteiger partial charge >= 0.3 is 0 Å². The van der Waals surface area contributed by atoms with Crippen LogP contribution < -0.4 is 4.90 Å². The van der Waals surface area contributed by atoms with Gasteiger partial charge in [0, 0.05) is 38.1 Å². The summed E-state index contributed by atoms with van der Waals surface area (Å²) in [6.07, 6.45) is 3.45. The van der Waals surface area contributed by atoms with Gasteiger partial charge in [-0.05, 0) is 40.2 Å². The number of carbonyl (C=O) groups is 1. The number of rotatable bonds is 3. The first-order valence-corrected chi connectivity index (χ1v) is 7.87. The number of piperazine rings is 1. The number of nitrogens with zero attached hydrogens (tertiary/aromatic N) is 4. The van der Waals surface area contributed by atoms with Crippen LogP contribution in [0.2, 0.25) is 0 Å². The lowest BCUT2D eigenvalue weighted by molar-refractivity contribution is -0.132. The van der Waals surface area contributed by atoms with Crippen molar-refractivity contribution < 1.29 is 9.18 Å². The van der Waals surface area contributed by atoms with E-state index in [2.05, 4.69) is 25.9 Å². The first kappa shape index (κ1) is 15.0. The number of hydrogen-bond acceptors (Lipinski definition) is 3. The second-order valence-corrected chi connectivity index (χ2v) is 6.12. The number of carbonyl (C=O) groups excluding carboxylic acids is 1. The van der Waals surface area contributed by atoms with Crippen molar-refractivity contribution in [2.45, 2.75) is 6.54 Å². The van der Waals surface area contributed by atoms with E-state index in [9.17, 15) is 9.18 Å². The van der Waals surface area contributed by atoms with Gasteiger partial charge in [0.15, 0.2) is 0 Å². The minimum absolute atomic E-state index is 0.0642. The van der Waals surface area contributed by atoms with Gasteiger partial charge in [-0.15, -0.1) is 0 Å². The van der Waals surface area contributed by atoms with Crippen molar-refractivity contribution in [2.75, 3.05) is 31.1 Å². The van der Waals surface area contributed by atoms with Crippen LogP contribution in [0.5, 0.6) is 0 Å². The first-order valence-electron chi connectivity index (χ1n) is 7.08. The van der Waals surface area contributed by atoms with Crippen LogP contribution in [0.1, 0.15) is 0 Å². The number of amides is 1. The Hall–Kier alpha value is -1.89. The fraction of sp³-hybridized carbons (Fsp3) is 0.333. The van der Waals surface area contributed by atoms with Gasteiger partial charge in [-0.3, -0.25) is 9.48 Å². The number of hydrogen-bond donors (Lipinski definition) is 0. The highest BCUT2D eigenvalue weighted by molar-refractivity contribution is 9.10. The first-order chi connectivity index (χ1) is 10.6. The van der Waals surface area contributed by atoms with Crippen molar-refractivity contribution in [3.05, 3.63) is 46.9 Å². The summed E-state index contributed by atoms with van der Waals surface area (Å²) in [5, 5.41) is 4.10. The van der Waals surface area contributed by atoms with E-state index in [-0.39, 0.29) is 18.3 Å². The van der Waals surface area contributed by atoms with Crippen molar-refractivity contribution in [1.29, 1.82) is 0 Å². The zero-order chi connectivity index (χ0) is 15.5. The van der Waals surface area contributed by atoms with Gasteiger partial charge in [0.1, 0.15) is 12.4 Å². The fourth-order valence-corrected chi connectivity index (χ4v) is 2.86. The number of benzene rings is 1. The second kappa shape index (κ2) is 6.48. The highest BCUT2D eigenvalue weighted by Crippen LogP contribution is 2.17. The molecular formula is C15H16BrFN4O. The molecule has 116 valence electrons. The van der Waals surface area contributed by atoms with Gasteiger partial charge in [-0.2, -0.15) is 5.10 Å². The normalized spacial score (nSPS) is 15.2. The van der Waals surface area contributed by atoms with E-state index in [1.54, 1.807) is 29.2 Å². The van der Waals surface area contributed by atoms with E-state index in [0.717, 1.165) is 23.2 Å². The molecule has 1 amide bonds. The third-order valence-corrected chi connectivity index (χ3v) is 4.13.